The van der Waals surface area contributed by atoms with Crippen LogP contribution >= 0.6 is 23.2 Å². The van der Waals surface area contributed by atoms with Crippen LogP contribution in [0.25, 0.3) is 0 Å². The number of benzene rings is 2. The van der Waals surface area contributed by atoms with Crippen molar-refractivity contribution in [2.75, 3.05) is 26.1 Å². The predicted octanol–water partition coefficient (Wildman–Crippen LogP) is 3.77. The van der Waals surface area contributed by atoms with Crippen LogP contribution in [0.5, 0.6) is 11.5 Å². The normalized spacial score (nSPS) is 10.2. The SMILES string of the molecule is COc1cc(OC)cc(C(=O)NCCC(=O)Nc2cc(Cl)cc(Cl)c2)c1. The van der Waals surface area contributed by atoms with E-state index in [2.05, 4.69) is 10.6 Å². The van der Waals surface area contributed by atoms with E-state index in [1.165, 1.54) is 14.2 Å². The van der Waals surface area contributed by atoms with Gasteiger partial charge in [-0.3, -0.25) is 9.59 Å². The Morgan fingerprint density at radius 1 is 0.923 bits per heavy atom. The van der Waals surface area contributed by atoms with Crippen LogP contribution in [-0.2, 0) is 4.79 Å². The third-order valence-corrected chi connectivity index (χ3v) is 3.83. The highest BCUT2D eigenvalue weighted by atomic mass is 35.5. The van der Waals surface area contributed by atoms with Gasteiger partial charge in [-0.15, -0.1) is 0 Å². The molecule has 2 N–H and O–H groups in total. The van der Waals surface area contributed by atoms with E-state index < -0.39 is 0 Å². The molecule has 0 fully saturated rings. The average molecular weight is 397 g/mol. The highest BCUT2D eigenvalue weighted by Gasteiger charge is 2.11. The maximum atomic E-state index is 12.2. The Hall–Kier alpha value is -2.44. The molecule has 0 radical (unpaired) electrons. The zero-order valence-corrected chi connectivity index (χ0v) is 15.8. The quantitative estimate of drug-likeness (QED) is 0.746. The molecule has 2 aromatic carbocycles. The minimum atomic E-state index is -0.333. The molecule has 8 heteroatoms. The second-order valence-electron chi connectivity index (χ2n) is 5.31. The number of methoxy groups -OCH3 is 2. The first kappa shape index (κ1) is 19.9. The minimum Gasteiger partial charge on any atom is -0.497 e. The van der Waals surface area contributed by atoms with Crippen LogP contribution < -0.4 is 20.1 Å². The van der Waals surface area contributed by atoms with Gasteiger partial charge in [-0.25, -0.2) is 0 Å². The summed E-state index contributed by atoms with van der Waals surface area (Å²) >= 11 is 11.8. The molecule has 0 aliphatic heterocycles. The monoisotopic (exact) mass is 396 g/mol. The van der Waals surface area contributed by atoms with Gasteiger partial charge in [-0.2, -0.15) is 0 Å². The molecule has 0 spiro atoms. The third kappa shape index (κ3) is 5.82. The van der Waals surface area contributed by atoms with Crippen LogP contribution in [-0.4, -0.2) is 32.6 Å². The number of amides is 2. The molecular weight excluding hydrogens is 379 g/mol. The van der Waals surface area contributed by atoms with Crippen molar-refractivity contribution in [3.8, 4) is 11.5 Å². The van der Waals surface area contributed by atoms with Gasteiger partial charge >= 0.3 is 0 Å². The first-order valence-corrected chi connectivity index (χ1v) is 8.44. The molecule has 0 aromatic heterocycles. The van der Waals surface area contributed by atoms with Gasteiger partial charge in [0, 0.05) is 40.3 Å². The largest absolute Gasteiger partial charge is 0.497 e. The number of halogens is 2. The second-order valence-corrected chi connectivity index (χ2v) is 6.19. The molecule has 0 saturated carbocycles. The lowest BCUT2D eigenvalue weighted by Crippen LogP contribution is -2.27. The van der Waals surface area contributed by atoms with Crippen molar-refractivity contribution in [3.05, 3.63) is 52.0 Å². The summed E-state index contributed by atoms with van der Waals surface area (Å²) in [5, 5.41) is 6.20. The lowest BCUT2D eigenvalue weighted by Gasteiger charge is -2.10. The summed E-state index contributed by atoms with van der Waals surface area (Å²) in [4.78, 5) is 24.2. The van der Waals surface area contributed by atoms with Crippen LogP contribution in [0.4, 0.5) is 5.69 Å². The Balaban J connectivity index is 1.88. The van der Waals surface area contributed by atoms with E-state index in [1.54, 1.807) is 36.4 Å². The number of carbonyl (C=O) groups excluding carboxylic acids is 2. The summed E-state index contributed by atoms with van der Waals surface area (Å²) in [5.74, 6) is 0.405. The van der Waals surface area contributed by atoms with Crippen LogP contribution in [0.15, 0.2) is 36.4 Å². The molecule has 0 saturated heterocycles. The summed E-state index contributed by atoms with van der Waals surface area (Å²) in [7, 11) is 3.01. The van der Waals surface area contributed by atoms with Crippen molar-refractivity contribution in [2.45, 2.75) is 6.42 Å². The zero-order valence-electron chi connectivity index (χ0n) is 14.3. The number of hydrogen-bond acceptors (Lipinski definition) is 4. The molecule has 2 aromatic rings. The molecule has 0 aliphatic rings. The Kier molecular flexibility index (Phi) is 7.12. The van der Waals surface area contributed by atoms with E-state index >= 15 is 0 Å². The average Bonchev–Trinajstić information content (AvgIpc) is 2.60. The van der Waals surface area contributed by atoms with E-state index in [0.717, 1.165) is 0 Å². The third-order valence-electron chi connectivity index (χ3n) is 3.40. The second kappa shape index (κ2) is 9.31. The maximum Gasteiger partial charge on any atom is 0.251 e. The fourth-order valence-corrected chi connectivity index (χ4v) is 2.71. The molecular formula is C18H18Cl2N2O4. The summed E-state index contributed by atoms with van der Waals surface area (Å²) < 4.78 is 10.3. The summed E-state index contributed by atoms with van der Waals surface area (Å²) in [5.41, 5.74) is 0.875. The van der Waals surface area contributed by atoms with Gasteiger partial charge in [0.15, 0.2) is 0 Å². The van der Waals surface area contributed by atoms with E-state index in [1.807, 2.05) is 0 Å². The van der Waals surface area contributed by atoms with Gasteiger partial charge in [0.05, 0.1) is 14.2 Å². The van der Waals surface area contributed by atoms with Gasteiger partial charge in [-0.05, 0) is 30.3 Å². The molecule has 0 heterocycles. The molecule has 0 aliphatic carbocycles. The molecule has 6 nitrogen and oxygen atoms in total. The van der Waals surface area contributed by atoms with Gasteiger partial charge in [0.2, 0.25) is 5.91 Å². The highest BCUT2D eigenvalue weighted by Crippen LogP contribution is 2.23. The molecule has 138 valence electrons. The van der Waals surface area contributed by atoms with Gasteiger partial charge in [0.1, 0.15) is 11.5 Å². The van der Waals surface area contributed by atoms with Crippen molar-refractivity contribution in [3.63, 3.8) is 0 Å². The van der Waals surface area contributed by atoms with Crippen molar-refractivity contribution < 1.29 is 19.1 Å². The van der Waals surface area contributed by atoms with Gasteiger partial charge in [-0.1, -0.05) is 23.2 Å². The molecule has 0 unspecified atom stereocenters. The minimum absolute atomic E-state index is 0.0942. The smallest absolute Gasteiger partial charge is 0.251 e. The van der Waals surface area contributed by atoms with Crippen molar-refractivity contribution >= 4 is 40.7 Å². The van der Waals surface area contributed by atoms with Crippen LogP contribution in [0, 0.1) is 0 Å². The molecule has 0 bridgehead atoms. The Morgan fingerprint density at radius 2 is 1.50 bits per heavy atom. The Bertz CT molecular complexity index is 769. The number of rotatable bonds is 7. The van der Waals surface area contributed by atoms with Gasteiger partial charge < -0.3 is 20.1 Å². The van der Waals surface area contributed by atoms with E-state index in [0.29, 0.717) is 32.8 Å². The van der Waals surface area contributed by atoms with Gasteiger partial charge in [0.25, 0.3) is 5.91 Å². The summed E-state index contributed by atoms with van der Waals surface area (Å²) in [6.07, 6.45) is 0.0942. The Labute approximate surface area is 161 Å². The predicted molar refractivity (Wildman–Crippen MR) is 102 cm³/mol. The molecule has 2 rings (SSSR count). The van der Waals surface area contributed by atoms with E-state index in [4.69, 9.17) is 32.7 Å². The van der Waals surface area contributed by atoms with Crippen LogP contribution in [0.3, 0.4) is 0 Å². The first-order valence-electron chi connectivity index (χ1n) is 7.68. The van der Waals surface area contributed by atoms with Crippen molar-refractivity contribution in [1.82, 2.24) is 5.32 Å². The molecule has 0 atom stereocenters. The molecule has 26 heavy (non-hydrogen) atoms. The summed E-state index contributed by atoms with van der Waals surface area (Å²) in [6.45, 7) is 0.165. The number of ether oxygens (including phenoxy) is 2. The number of hydrogen-bond donors (Lipinski definition) is 2. The zero-order chi connectivity index (χ0) is 19.1. The highest BCUT2D eigenvalue weighted by molar-refractivity contribution is 6.35. The topological polar surface area (TPSA) is 76.7 Å². The van der Waals surface area contributed by atoms with Crippen LogP contribution in [0.1, 0.15) is 16.8 Å². The van der Waals surface area contributed by atoms with E-state index in [9.17, 15) is 9.59 Å². The summed E-state index contributed by atoms with van der Waals surface area (Å²) in [6, 6.07) is 9.60. The van der Waals surface area contributed by atoms with Crippen molar-refractivity contribution in [2.24, 2.45) is 0 Å². The van der Waals surface area contributed by atoms with Crippen LogP contribution in [0.2, 0.25) is 10.0 Å². The standard InChI is InChI=1S/C18H18Cl2N2O4/c1-25-15-5-11(6-16(10-15)26-2)18(24)21-4-3-17(23)22-14-8-12(19)7-13(20)9-14/h5-10H,3-4H2,1-2H3,(H,21,24)(H,22,23). The molecule has 2 amide bonds. The van der Waals surface area contributed by atoms with E-state index in [-0.39, 0.29) is 24.8 Å². The lowest BCUT2D eigenvalue weighted by molar-refractivity contribution is -0.116. The van der Waals surface area contributed by atoms with Crippen molar-refractivity contribution in [1.29, 1.82) is 0 Å². The lowest BCUT2D eigenvalue weighted by atomic mass is 10.2. The maximum absolute atomic E-state index is 12.2. The Morgan fingerprint density at radius 3 is 2.04 bits per heavy atom. The fraction of sp³-hybridized carbons (Fsp3) is 0.222. The number of carbonyl (C=O) groups is 2. The fourth-order valence-electron chi connectivity index (χ4n) is 2.18. The first-order chi connectivity index (χ1) is 12.4. The number of anilines is 1. The number of nitrogens with one attached hydrogen (secondary N) is 2.